The number of hydrogen-bond donors (Lipinski definition) is 1. The Morgan fingerprint density at radius 1 is 1.62 bits per heavy atom. The Labute approximate surface area is 83.7 Å². The number of aromatic nitrogens is 1. The molecule has 1 rings (SSSR count). The molecular formula is C10H16N2S. The van der Waals surface area contributed by atoms with E-state index in [1.165, 1.54) is 4.88 Å². The third-order valence-electron chi connectivity index (χ3n) is 2.01. The molecule has 0 aromatic carbocycles. The van der Waals surface area contributed by atoms with Crippen LogP contribution in [0, 0.1) is 13.8 Å². The average Bonchev–Trinajstić information content (AvgIpc) is 2.41. The Balaban J connectivity index is 2.89. The Kier molecular flexibility index (Phi) is 3.63. The molecule has 2 nitrogen and oxygen atoms in total. The van der Waals surface area contributed by atoms with Gasteiger partial charge in [0.05, 0.1) is 10.7 Å². The van der Waals surface area contributed by atoms with E-state index in [-0.39, 0.29) is 0 Å². The molecule has 13 heavy (non-hydrogen) atoms. The van der Waals surface area contributed by atoms with Crippen molar-refractivity contribution >= 4 is 11.3 Å². The molecule has 3 heteroatoms. The monoisotopic (exact) mass is 196 g/mol. The predicted octanol–water partition coefficient (Wildman–Crippen LogP) is 2.60. The van der Waals surface area contributed by atoms with Crippen LogP contribution in [0.25, 0.3) is 0 Å². The van der Waals surface area contributed by atoms with E-state index in [0.717, 1.165) is 17.1 Å². The second-order valence-electron chi connectivity index (χ2n) is 3.05. The van der Waals surface area contributed by atoms with E-state index >= 15 is 0 Å². The molecule has 0 saturated heterocycles. The SMILES string of the molecule is C=CCC(NC)c1sc(C)nc1C. The van der Waals surface area contributed by atoms with Crippen LogP contribution in [0.1, 0.15) is 28.0 Å². The molecule has 0 aliphatic carbocycles. The van der Waals surface area contributed by atoms with Gasteiger partial charge in [0.15, 0.2) is 0 Å². The Hall–Kier alpha value is -0.670. The van der Waals surface area contributed by atoms with Gasteiger partial charge in [-0.25, -0.2) is 4.98 Å². The minimum atomic E-state index is 0.378. The first-order chi connectivity index (χ1) is 6.19. The largest absolute Gasteiger partial charge is 0.312 e. The predicted molar refractivity (Wildman–Crippen MR) is 58.2 cm³/mol. The Morgan fingerprint density at radius 2 is 2.31 bits per heavy atom. The summed E-state index contributed by atoms with van der Waals surface area (Å²) < 4.78 is 0. The fourth-order valence-electron chi connectivity index (χ4n) is 1.39. The van der Waals surface area contributed by atoms with Crippen molar-refractivity contribution in [2.24, 2.45) is 0 Å². The summed E-state index contributed by atoms with van der Waals surface area (Å²) in [7, 11) is 1.97. The highest BCUT2D eigenvalue weighted by atomic mass is 32.1. The van der Waals surface area contributed by atoms with Crippen molar-refractivity contribution < 1.29 is 0 Å². The minimum Gasteiger partial charge on any atom is -0.312 e. The molecule has 1 unspecified atom stereocenters. The van der Waals surface area contributed by atoms with Crippen LogP contribution >= 0.6 is 11.3 Å². The average molecular weight is 196 g/mol. The van der Waals surface area contributed by atoms with E-state index in [9.17, 15) is 0 Å². The third-order valence-corrected chi connectivity index (χ3v) is 3.19. The van der Waals surface area contributed by atoms with Crippen molar-refractivity contribution in [2.45, 2.75) is 26.3 Å². The first-order valence-electron chi connectivity index (χ1n) is 4.41. The molecule has 0 fully saturated rings. The van der Waals surface area contributed by atoms with Gasteiger partial charge < -0.3 is 5.32 Å². The molecule has 0 amide bonds. The minimum absolute atomic E-state index is 0.378. The zero-order chi connectivity index (χ0) is 9.84. The van der Waals surface area contributed by atoms with Gasteiger partial charge in [0.1, 0.15) is 0 Å². The summed E-state index contributed by atoms with van der Waals surface area (Å²) in [4.78, 5) is 5.74. The van der Waals surface area contributed by atoms with Gasteiger partial charge in [-0.15, -0.1) is 17.9 Å². The van der Waals surface area contributed by atoms with Crippen LogP contribution in [0.4, 0.5) is 0 Å². The molecule has 0 radical (unpaired) electrons. The smallest absolute Gasteiger partial charge is 0.0900 e. The topological polar surface area (TPSA) is 24.9 Å². The lowest BCUT2D eigenvalue weighted by molar-refractivity contribution is 0.609. The molecule has 1 aromatic rings. The standard InChI is InChI=1S/C10H16N2S/c1-5-6-9(11-4)10-7(2)12-8(3)13-10/h5,9,11H,1,6H2,2-4H3. The molecular weight excluding hydrogens is 180 g/mol. The number of hydrogen-bond acceptors (Lipinski definition) is 3. The van der Waals surface area contributed by atoms with E-state index in [0.29, 0.717) is 6.04 Å². The van der Waals surface area contributed by atoms with E-state index in [2.05, 4.69) is 23.8 Å². The number of thiazole rings is 1. The van der Waals surface area contributed by atoms with Crippen LogP contribution < -0.4 is 5.32 Å². The van der Waals surface area contributed by atoms with E-state index in [4.69, 9.17) is 0 Å². The molecule has 72 valence electrons. The summed E-state index contributed by atoms with van der Waals surface area (Å²) in [6, 6.07) is 0.378. The lowest BCUT2D eigenvalue weighted by Gasteiger charge is -2.12. The fraction of sp³-hybridized carbons (Fsp3) is 0.500. The van der Waals surface area contributed by atoms with Gasteiger partial charge >= 0.3 is 0 Å². The van der Waals surface area contributed by atoms with Crippen molar-refractivity contribution in [3.05, 3.63) is 28.2 Å². The van der Waals surface area contributed by atoms with Gasteiger partial charge in [0.25, 0.3) is 0 Å². The van der Waals surface area contributed by atoms with Crippen molar-refractivity contribution in [1.29, 1.82) is 0 Å². The highest BCUT2D eigenvalue weighted by molar-refractivity contribution is 7.11. The van der Waals surface area contributed by atoms with Gasteiger partial charge in [0.2, 0.25) is 0 Å². The van der Waals surface area contributed by atoms with Gasteiger partial charge in [-0.1, -0.05) is 6.08 Å². The Bertz CT molecular complexity index is 291. The van der Waals surface area contributed by atoms with Crippen LogP contribution in [-0.4, -0.2) is 12.0 Å². The van der Waals surface area contributed by atoms with Gasteiger partial charge in [-0.05, 0) is 27.3 Å². The quantitative estimate of drug-likeness (QED) is 0.749. The summed E-state index contributed by atoms with van der Waals surface area (Å²) in [5, 5.41) is 4.41. The number of rotatable bonds is 4. The lowest BCUT2D eigenvalue weighted by Crippen LogP contribution is -2.15. The van der Waals surface area contributed by atoms with Gasteiger partial charge in [-0.3, -0.25) is 0 Å². The summed E-state index contributed by atoms with van der Waals surface area (Å²) in [5.41, 5.74) is 1.14. The molecule has 0 spiro atoms. The van der Waals surface area contributed by atoms with Crippen LogP contribution in [0.2, 0.25) is 0 Å². The maximum Gasteiger partial charge on any atom is 0.0900 e. The zero-order valence-corrected chi connectivity index (χ0v) is 9.24. The molecule has 1 heterocycles. The van der Waals surface area contributed by atoms with E-state index < -0.39 is 0 Å². The third kappa shape index (κ3) is 2.39. The lowest BCUT2D eigenvalue weighted by atomic mass is 10.1. The van der Waals surface area contributed by atoms with Crippen LogP contribution in [0.3, 0.4) is 0 Å². The van der Waals surface area contributed by atoms with Gasteiger partial charge in [-0.2, -0.15) is 0 Å². The second kappa shape index (κ2) is 4.53. The second-order valence-corrected chi connectivity index (χ2v) is 4.28. The Morgan fingerprint density at radius 3 is 2.69 bits per heavy atom. The van der Waals surface area contributed by atoms with E-state index in [1.54, 1.807) is 11.3 Å². The number of nitrogens with one attached hydrogen (secondary N) is 1. The van der Waals surface area contributed by atoms with Gasteiger partial charge in [0, 0.05) is 10.9 Å². The molecule has 0 bridgehead atoms. The zero-order valence-electron chi connectivity index (χ0n) is 8.42. The molecule has 0 saturated carbocycles. The molecule has 1 N–H and O–H groups in total. The van der Waals surface area contributed by atoms with Crippen LogP contribution in [0.5, 0.6) is 0 Å². The molecule has 1 atom stereocenters. The van der Waals surface area contributed by atoms with Crippen molar-refractivity contribution in [3.63, 3.8) is 0 Å². The molecule has 0 aliphatic heterocycles. The molecule has 1 aromatic heterocycles. The first-order valence-corrected chi connectivity index (χ1v) is 5.22. The normalized spacial score (nSPS) is 12.8. The van der Waals surface area contributed by atoms with Crippen LogP contribution in [0.15, 0.2) is 12.7 Å². The van der Waals surface area contributed by atoms with Crippen molar-refractivity contribution in [3.8, 4) is 0 Å². The number of aryl methyl sites for hydroxylation is 2. The summed E-state index contributed by atoms with van der Waals surface area (Å²) >= 11 is 1.77. The van der Waals surface area contributed by atoms with Crippen molar-refractivity contribution in [2.75, 3.05) is 7.05 Å². The molecule has 0 aliphatic rings. The highest BCUT2D eigenvalue weighted by Crippen LogP contribution is 2.26. The summed E-state index contributed by atoms with van der Waals surface area (Å²) in [5.74, 6) is 0. The maximum absolute atomic E-state index is 4.41. The van der Waals surface area contributed by atoms with Crippen molar-refractivity contribution in [1.82, 2.24) is 10.3 Å². The summed E-state index contributed by atoms with van der Waals surface area (Å²) in [6.07, 6.45) is 2.90. The van der Waals surface area contributed by atoms with Crippen LogP contribution in [-0.2, 0) is 0 Å². The fourth-order valence-corrected chi connectivity index (χ4v) is 2.44. The number of nitrogens with zero attached hydrogens (tertiary/aromatic N) is 1. The maximum atomic E-state index is 4.41. The highest BCUT2D eigenvalue weighted by Gasteiger charge is 2.13. The first kappa shape index (κ1) is 10.4. The van der Waals surface area contributed by atoms with E-state index in [1.807, 2.05) is 20.0 Å². The summed E-state index contributed by atoms with van der Waals surface area (Å²) in [6.45, 7) is 7.86.